The second-order valence-electron chi connectivity index (χ2n) is 5.86. The van der Waals surface area contributed by atoms with E-state index in [4.69, 9.17) is 0 Å². The Morgan fingerprint density at radius 1 is 1.36 bits per heavy atom. The molecule has 2 aromatic rings. The minimum absolute atomic E-state index is 0.196. The van der Waals surface area contributed by atoms with Crippen LogP contribution in [0.1, 0.15) is 22.5 Å². The minimum Gasteiger partial charge on any atom is -0.339 e. The molecule has 5 nitrogen and oxygen atoms in total. The standard InChI is InChI=1S/C16H17F3N4OS/c1-23(8-12-6-7-20-22-12)15(24)13-9-25-14(21-13)10-2-4-11(5-3-10)16(17,18)19/h2-5,9,12,20,22H,6-8H2,1H3. The summed E-state index contributed by atoms with van der Waals surface area (Å²) in [6.07, 6.45) is -3.43. The fraction of sp³-hybridized carbons (Fsp3) is 0.375. The third kappa shape index (κ3) is 4.17. The molecule has 3 rings (SSSR count). The van der Waals surface area contributed by atoms with Gasteiger partial charge in [0, 0.05) is 37.1 Å². The SMILES string of the molecule is CN(CC1CCNN1)C(=O)c1csc(-c2ccc(C(F)(F)F)cc2)n1. The van der Waals surface area contributed by atoms with Crippen LogP contribution in [0.3, 0.4) is 0 Å². The van der Waals surface area contributed by atoms with Gasteiger partial charge in [0.1, 0.15) is 10.7 Å². The predicted molar refractivity (Wildman–Crippen MR) is 89.1 cm³/mol. The van der Waals surface area contributed by atoms with E-state index in [1.165, 1.54) is 23.5 Å². The van der Waals surface area contributed by atoms with Crippen LogP contribution in [-0.2, 0) is 6.18 Å². The Kier molecular flexibility index (Phi) is 5.07. The van der Waals surface area contributed by atoms with Crippen molar-refractivity contribution in [1.82, 2.24) is 20.7 Å². The molecule has 1 fully saturated rings. The van der Waals surface area contributed by atoms with Gasteiger partial charge in [-0.15, -0.1) is 11.3 Å². The maximum Gasteiger partial charge on any atom is 0.416 e. The highest BCUT2D eigenvalue weighted by Gasteiger charge is 2.30. The summed E-state index contributed by atoms with van der Waals surface area (Å²) in [5.74, 6) is -0.205. The summed E-state index contributed by atoms with van der Waals surface area (Å²) in [6.45, 7) is 1.42. The molecule has 1 amide bonds. The number of carbonyl (C=O) groups excluding carboxylic acids is 1. The maximum atomic E-state index is 12.6. The zero-order valence-electron chi connectivity index (χ0n) is 13.4. The largest absolute Gasteiger partial charge is 0.416 e. The van der Waals surface area contributed by atoms with Crippen molar-refractivity contribution in [2.45, 2.75) is 18.6 Å². The molecular weight excluding hydrogens is 353 g/mol. The molecular formula is C16H17F3N4OS. The topological polar surface area (TPSA) is 57.3 Å². The lowest BCUT2D eigenvalue weighted by molar-refractivity contribution is -0.137. The number of likely N-dealkylation sites (N-methyl/N-ethyl adjacent to an activating group) is 1. The summed E-state index contributed by atoms with van der Waals surface area (Å²) in [7, 11) is 1.71. The summed E-state index contributed by atoms with van der Waals surface area (Å²) in [4.78, 5) is 18.3. The number of benzene rings is 1. The Morgan fingerprint density at radius 2 is 2.08 bits per heavy atom. The molecule has 0 saturated carbocycles. The van der Waals surface area contributed by atoms with Crippen molar-refractivity contribution < 1.29 is 18.0 Å². The number of hydrogen-bond donors (Lipinski definition) is 2. The van der Waals surface area contributed by atoms with Gasteiger partial charge >= 0.3 is 6.18 Å². The number of thiazole rings is 1. The van der Waals surface area contributed by atoms with Gasteiger partial charge in [-0.05, 0) is 18.6 Å². The van der Waals surface area contributed by atoms with Gasteiger partial charge in [0.2, 0.25) is 0 Å². The summed E-state index contributed by atoms with van der Waals surface area (Å²) >= 11 is 1.24. The molecule has 1 aliphatic heterocycles. The monoisotopic (exact) mass is 370 g/mol. The van der Waals surface area contributed by atoms with Crippen molar-refractivity contribution in [1.29, 1.82) is 0 Å². The highest BCUT2D eigenvalue weighted by atomic mass is 32.1. The van der Waals surface area contributed by atoms with Gasteiger partial charge in [-0.2, -0.15) is 13.2 Å². The summed E-state index contributed by atoms with van der Waals surface area (Å²) in [5, 5.41) is 2.15. The highest BCUT2D eigenvalue weighted by Crippen LogP contribution is 2.31. The Bertz CT molecular complexity index is 739. The Hall–Kier alpha value is -1.97. The van der Waals surface area contributed by atoms with Gasteiger partial charge < -0.3 is 4.90 Å². The van der Waals surface area contributed by atoms with Crippen molar-refractivity contribution in [3.63, 3.8) is 0 Å². The van der Waals surface area contributed by atoms with Crippen LogP contribution in [0.15, 0.2) is 29.6 Å². The fourth-order valence-electron chi connectivity index (χ4n) is 2.59. The highest BCUT2D eigenvalue weighted by molar-refractivity contribution is 7.13. The van der Waals surface area contributed by atoms with Crippen LogP contribution in [-0.4, -0.2) is 42.0 Å². The molecule has 9 heteroatoms. The van der Waals surface area contributed by atoms with Crippen molar-refractivity contribution >= 4 is 17.2 Å². The number of alkyl halides is 3. The zero-order chi connectivity index (χ0) is 18.0. The molecule has 2 N–H and O–H groups in total. The van der Waals surface area contributed by atoms with E-state index in [-0.39, 0.29) is 11.9 Å². The van der Waals surface area contributed by atoms with Crippen molar-refractivity contribution in [3.05, 3.63) is 40.9 Å². The second kappa shape index (κ2) is 7.11. The lowest BCUT2D eigenvalue weighted by Gasteiger charge is -2.19. The summed E-state index contributed by atoms with van der Waals surface area (Å²) in [6, 6.07) is 4.97. The number of halogens is 3. The van der Waals surface area contributed by atoms with Crippen molar-refractivity contribution in [2.24, 2.45) is 0 Å². The molecule has 25 heavy (non-hydrogen) atoms. The third-order valence-corrected chi connectivity index (χ3v) is 4.84. The number of nitrogens with one attached hydrogen (secondary N) is 2. The first kappa shape index (κ1) is 17.8. The van der Waals surface area contributed by atoms with Crippen LogP contribution in [0.2, 0.25) is 0 Å². The fourth-order valence-corrected chi connectivity index (χ4v) is 3.39. The number of nitrogens with zero attached hydrogens (tertiary/aromatic N) is 2. The first-order valence-electron chi connectivity index (χ1n) is 7.71. The average molecular weight is 370 g/mol. The third-order valence-electron chi connectivity index (χ3n) is 3.95. The van der Waals surface area contributed by atoms with Gasteiger partial charge in [0.25, 0.3) is 5.91 Å². The Morgan fingerprint density at radius 3 is 2.68 bits per heavy atom. The number of hydrogen-bond acceptors (Lipinski definition) is 5. The van der Waals surface area contributed by atoms with Gasteiger partial charge in [0.05, 0.1) is 5.56 Å². The zero-order valence-corrected chi connectivity index (χ0v) is 14.2. The first-order chi connectivity index (χ1) is 11.8. The normalized spacial score (nSPS) is 17.7. The van der Waals surface area contributed by atoms with E-state index in [1.807, 2.05) is 0 Å². The van der Waals surface area contributed by atoms with E-state index in [0.717, 1.165) is 25.1 Å². The van der Waals surface area contributed by atoms with E-state index in [9.17, 15) is 18.0 Å². The molecule has 134 valence electrons. The van der Waals surface area contributed by atoms with Crippen LogP contribution in [0.4, 0.5) is 13.2 Å². The lowest BCUT2D eigenvalue weighted by Crippen LogP contribution is -2.41. The van der Waals surface area contributed by atoms with E-state index in [0.29, 0.717) is 22.8 Å². The molecule has 0 bridgehead atoms. The molecule has 0 aliphatic carbocycles. The van der Waals surface area contributed by atoms with Crippen molar-refractivity contribution in [3.8, 4) is 10.6 Å². The molecule has 2 heterocycles. The van der Waals surface area contributed by atoms with Crippen LogP contribution in [0, 0.1) is 0 Å². The first-order valence-corrected chi connectivity index (χ1v) is 8.59. The Balaban J connectivity index is 1.70. The van der Waals surface area contributed by atoms with Crippen LogP contribution < -0.4 is 10.9 Å². The van der Waals surface area contributed by atoms with Crippen LogP contribution in [0.5, 0.6) is 0 Å². The summed E-state index contributed by atoms with van der Waals surface area (Å²) in [5.41, 5.74) is 6.25. The number of rotatable bonds is 4. The quantitative estimate of drug-likeness (QED) is 0.869. The molecule has 1 aromatic heterocycles. The molecule has 0 radical (unpaired) electrons. The molecule has 1 aliphatic rings. The Labute approximate surface area is 146 Å². The predicted octanol–water partition coefficient (Wildman–Crippen LogP) is 2.77. The molecule has 1 unspecified atom stereocenters. The average Bonchev–Trinajstić information content (AvgIpc) is 3.25. The van der Waals surface area contributed by atoms with E-state index in [2.05, 4.69) is 15.8 Å². The van der Waals surface area contributed by atoms with Gasteiger partial charge in [0.15, 0.2) is 0 Å². The number of amides is 1. The summed E-state index contributed by atoms with van der Waals surface area (Å²) < 4.78 is 37.8. The van der Waals surface area contributed by atoms with Gasteiger partial charge in [-0.3, -0.25) is 15.6 Å². The number of carbonyl (C=O) groups is 1. The molecule has 1 saturated heterocycles. The molecule has 1 aromatic carbocycles. The van der Waals surface area contributed by atoms with Crippen LogP contribution in [0.25, 0.3) is 10.6 Å². The molecule has 0 spiro atoms. The van der Waals surface area contributed by atoms with Crippen LogP contribution >= 0.6 is 11.3 Å². The van der Waals surface area contributed by atoms with Gasteiger partial charge in [-0.25, -0.2) is 4.98 Å². The minimum atomic E-state index is -4.37. The number of aromatic nitrogens is 1. The number of hydrazine groups is 1. The van der Waals surface area contributed by atoms with E-state index < -0.39 is 11.7 Å². The lowest BCUT2D eigenvalue weighted by atomic mass is 10.1. The van der Waals surface area contributed by atoms with Gasteiger partial charge in [-0.1, -0.05) is 12.1 Å². The molecule has 1 atom stereocenters. The van der Waals surface area contributed by atoms with Crippen molar-refractivity contribution in [2.75, 3.05) is 20.1 Å². The maximum absolute atomic E-state index is 12.6. The smallest absolute Gasteiger partial charge is 0.339 e. The van der Waals surface area contributed by atoms with E-state index in [1.54, 1.807) is 17.3 Å². The van der Waals surface area contributed by atoms with E-state index >= 15 is 0 Å². The second-order valence-corrected chi connectivity index (χ2v) is 6.71.